The first-order valence-corrected chi connectivity index (χ1v) is 6.68. The third-order valence-electron chi connectivity index (χ3n) is 3.15. The van der Waals surface area contributed by atoms with Crippen molar-refractivity contribution in [3.63, 3.8) is 0 Å². The molecule has 1 rings (SSSR count). The Bertz CT molecular complexity index is 277. The Morgan fingerprint density at radius 3 is 2.72 bits per heavy atom. The molecule has 0 unspecified atom stereocenters. The molecule has 0 aromatic rings. The molecular formula is C14H26N2O2. The molecule has 0 bridgehead atoms. The van der Waals surface area contributed by atoms with Gasteiger partial charge in [0.2, 0.25) is 0 Å². The fourth-order valence-corrected chi connectivity index (χ4v) is 1.87. The quantitative estimate of drug-likeness (QED) is 0.625. The van der Waals surface area contributed by atoms with Crippen molar-refractivity contribution in [2.45, 2.75) is 12.8 Å². The fourth-order valence-electron chi connectivity index (χ4n) is 1.87. The molecular weight excluding hydrogens is 228 g/mol. The monoisotopic (exact) mass is 254 g/mol. The van der Waals surface area contributed by atoms with Crippen LogP contribution in [0.1, 0.15) is 12.8 Å². The molecule has 0 aromatic heterocycles. The van der Waals surface area contributed by atoms with E-state index < -0.39 is 0 Å². The summed E-state index contributed by atoms with van der Waals surface area (Å²) < 4.78 is 5.25. The molecule has 0 saturated carbocycles. The smallest absolute Gasteiger partial charge is 0.0698 e. The van der Waals surface area contributed by atoms with Gasteiger partial charge in [0, 0.05) is 32.4 Å². The summed E-state index contributed by atoms with van der Waals surface area (Å²) in [5, 5.41) is 8.59. The molecule has 1 N–H and O–H groups in total. The molecule has 104 valence electrons. The number of nitrogens with zero attached hydrogens (tertiary/aromatic N) is 2. The Labute approximate surface area is 111 Å². The summed E-state index contributed by atoms with van der Waals surface area (Å²) >= 11 is 0. The lowest BCUT2D eigenvalue weighted by atomic mass is 10.1. The van der Waals surface area contributed by atoms with Crippen LogP contribution in [-0.4, -0.2) is 68.5 Å². The van der Waals surface area contributed by atoms with E-state index in [0.29, 0.717) is 13.2 Å². The van der Waals surface area contributed by atoms with E-state index in [2.05, 4.69) is 42.1 Å². The highest BCUT2D eigenvalue weighted by Crippen LogP contribution is 2.14. The summed E-state index contributed by atoms with van der Waals surface area (Å²) in [6.45, 7) is 4.20. The lowest BCUT2D eigenvalue weighted by molar-refractivity contribution is 0.0774. The van der Waals surface area contributed by atoms with Crippen molar-refractivity contribution in [3.8, 4) is 0 Å². The van der Waals surface area contributed by atoms with Crippen molar-refractivity contribution in [1.29, 1.82) is 0 Å². The molecule has 0 radical (unpaired) electrons. The number of likely N-dealkylation sites (N-methyl/N-ethyl adjacent to an activating group) is 2. The van der Waals surface area contributed by atoms with Crippen molar-refractivity contribution >= 4 is 0 Å². The maximum atomic E-state index is 8.59. The average Bonchev–Trinajstić information content (AvgIpc) is 2.42. The largest absolute Gasteiger partial charge is 0.394 e. The molecule has 4 nitrogen and oxygen atoms in total. The lowest BCUT2D eigenvalue weighted by Crippen LogP contribution is -2.32. The highest BCUT2D eigenvalue weighted by Gasteiger charge is 2.06. The van der Waals surface area contributed by atoms with E-state index >= 15 is 0 Å². The van der Waals surface area contributed by atoms with Gasteiger partial charge in [0.05, 0.1) is 19.8 Å². The molecule has 0 amide bonds. The Balaban J connectivity index is 2.11. The summed E-state index contributed by atoms with van der Waals surface area (Å²) in [5.74, 6) is 0. The number of hydrogen-bond acceptors (Lipinski definition) is 4. The van der Waals surface area contributed by atoms with Gasteiger partial charge in [-0.2, -0.15) is 0 Å². The van der Waals surface area contributed by atoms with Crippen molar-refractivity contribution < 1.29 is 9.84 Å². The van der Waals surface area contributed by atoms with Gasteiger partial charge in [-0.25, -0.2) is 0 Å². The SMILES string of the molecule is CN(CCOCCO)CCN(C)C1=CC=CCC1. The molecule has 1 aliphatic rings. The van der Waals surface area contributed by atoms with E-state index in [1.54, 1.807) is 0 Å². The van der Waals surface area contributed by atoms with Crippen LogP contribution in [0.4, 0.5) is 0 Å². The van der Waals surface area contributed by atoms with Gasteiger partial charge in [-0.05, 0) is 26.0 Å². The second kappa shape index (κ2) is 9.14. The molecule has 1 aliphatic carbocycles. The van der Waals surface area contributed by atoms with Crippen LogP contribution in [0.3, 0.4) is 0 Å². The zero-order valence-corrected chi connectivity index (χ0v) is 11.6. The van der Waals surface area contributed by atoms with Crippen LogP contribution >= 0.6 is 0 Å². The normalized spacial score (nSPS) is 15.0. The maximum Gasteiger partial charge on any atom is 0.0698 e. The van der Waals surface area contributed by atoms with E-state index in [1.165, 1.54) is 5.70 Å². The highest BCUT2D eigenvalue weighted by atomic mass is 16.5. The number of hydrogen-bond donors (Lipinski definition) is 1. The van der Waals surface area contributed by atoms with Gasteiger partial charge >= 0.3 is 0 Å². The van der Waals surface area contributed by atoms with Crippen molar-refractivity contribution in [1.82, 2.24) is 9.80 Å². The Kier molecular flexibility index (Phi) is 7.73. The molecule has 0 spiro atoms. The third-order valence-corrected chi connectivity index (χ3v) is 3.15. The number of aliphatic hydroxyl groups is 1. The summed E-state index contributed by atoms with van der Waals surface area (Å²) in [6, 6.07) is 0. The van der Waals surface area contributed by atoms with Gasteiger partial charge in [0.15, 0.2) is 0 Å². The van der Waals surface area contributed by atoms with E-state index in [-0.39, 0.29) is 6.61 Å². The summed E-state index contributed by atoms with van der Waals surface area (Å²) in [5.41, 5.74) is 1.42. The van der Waals surface area contributed by atoms with Crippen LogP contribution in [0.5, 0.6) is 0 Å². The van der Waals surface area contributed by atoms with Gasteiger partial charge < -0.3 is 19.6 Å². The van der Waals surface area contributed by atoms with Gasteiger partial charge in [0.1, 0.15) is 0 Å². The van der Waals surface area contributed by atoms with Crippen LogP contribution in [0.15, 0.2) is 23.9 Å². The Hall–Kier alpha value is -0.840. The topological polar surface area (TPSA) is 35.9 Å². The van der Waals surface area contributed by atoms with Crippen LogP contribution in [-0.2, 0) is 4.74 Å². The van der Waals surface area contributed by atoms with Gasteiger partial charge in [0.25, 0.3) is 0 Å². The minimum Gasteiger partial charge on any atom is -0.394 e. The second-order valence-corrected chi connectivity index (χ2v) is 4.69. The number of rotatable bonds is 9. The van der Waals surface area contributed by atoms with Crippen LogP contribution in [0.2, 0.25) is 0 Å². The standard InChI is InChI=1S/C14H26N2O2/c1-15(10-12-18-13-11-17)8-9-16(2)14-6-4-3-5-7-14/h3-4,6,17H,5,7-13H2,1-2H3. The first-order chi connectivity index (χ1) is 8.74. The molecule has 0 aliphatic heterocycles. The molecule has 0 atom stereocenters. The summed E-state index contributed by atoms with van der Waals surface area (Å²) in [6.07, 6.45) is 8.86. The van der Waals surface area contributed by atoms with E-state index in [9.17, 15) is 0 Å². The molecule has 0 heterocycles. The zero-order chi connectivity index (χ0) is 13.2. The average molecular weight is 254 g/mol. The third kappa shape index (κ3) is 6.19. The minimum absolute atomic E-state index is 0.105. The predicted octanol–water partition coefficient (Wildman–Crippen LogP) is 1.09. The van der Waals surface area contributed by atoms with Gasteiger partial charge in [-0.1, -0.05) is 12.2 Å². The van der Waals surface area contributed by atoms with Crippen molar-refractivity contribution in [3.05, 3.63) is 23.9 Å². The van der Waals surface area contributed by atoms with Crippen LogP contribution in [0.25, 0.3) is 0 Å². The highest BCUT2D eigenvalue weighted by molar-refractivity contribution is 5.16. The molecule has 18 heavy (non-hydrogen) atoms. The van der Waals surface area contributed by atoms with Crippen molar-refractivity contribution in [2.24, 2.45) is 0 Å². The van der Waals surface area contributed by atoms with Crippen LogP contribution in [0, 0.1) is 0 Å². The number of ether oxygens (including phenoxy) is 1. The van der Waals surface area contributed by atoms with E-state index in [4.69, 9.17) is 9.84 Å². The van der Waals surface area contributed by atoms with Gasteiger partial charge in [-0.3, -0.25) is 0 Å². The first-order valence-electron chi connectivity index (χ1n) is 6.68. The maximum absolute atomic E-state index is 8.59. The van der Waals surface area contributed by atoms with E-state index in [0.717, 1.165) is 32.5 Å². The van der Waals surface area contributed by atoms with Gasteiger partial charge in [-0.15, -0.1) is 0 Å². The summed E-state index contributed by atoms with van der Waals surface area (Å²) in [4.78, 5) is 4.59. The molecule has 0 fully saturated rings. The number of aliphatic hydroxyl groups excluding tert-OH is 1. The molecule has 0 aromatic carbocycles. The molecule has 0 saturated heterocycles. The lowest BCUT2D eigenvalue weighted by Gasteiger charge is -2.26. The second-order valence-electron chi connectivity index (χ2n) is 4.69. The molecule has 4 heteroatoms. The van der Waals surface area contributed by atoms with E-state index in [1.807, 2.05) is 0 Å². The zero-order valence-electron chi connectivity index (χ0n) is 11.6. The minimum atomic E-state index is 0.105. The van der Waals surface area contributed by atoms with Crippen LogP contribution < -0.4 is 0 Å². The first kappa shape index (κ1) is 15.2. The Morgan fingerprint density at radius 1 is 1.22 bits per heavy atom. The number of allylic oxidation sites excluding steroid dienone is 4. The van der Waals surface area contributed by atoms with Crippen molar-refractivity contribution in [2.75, 3.05) is 53.6 Å². The fraction of sp³-hybridized carbons (Fsp3) is 0.714. The summed E-state index contributed by atoms with van der Waals surface area (Å²) in [7, 11) is 4.26. The predicted molar refractivity (Wildman–Crippen MR) is 74.5 cm³/mol. The Morgan fingerprint density at radius 2 is 2.06 bits per heavy atom.